The lowest BCUT2D eigenvalue weighted by Gasteiger charge is -2.17. The fourth-order valence-corrected chi connectivity index (χ4v) is 3.19. The molecule has 3 rings (SSSR count). The summed E-state index contributed by atoms with van der Waals surface area (Å²) in [4.78, 5) is 13.5. The van der Waals surface area contributed by atoms with Gasteiger partial charge in [0, 0.05) is 24.6 Å². The van der Waals surface area contributed by atoms with Crippen LogP contribution in [-0.4, -0.2) is 44.7 Å². The number of methoxy groups -OCH3 is 2. The lowest BCUT2D eigenvalue weighted by atomic mass is 10.0. The Hall–Kier alpha value is -2.69. The Bertz CT molecular complexity index is 788. The number of carbonyl (C=O) groups is 1. The lowest BCUT2D eigenvalue weighted by Crippen LogP contribution is -2.29. The second-order valence-electron chi connectivity index (χ2n) is 6.43. The number of hydrogen-bond acceptors (Lipinski definition) is 4. The van der Waals surface area contributed by atoms with Gasteiger partial charge in [-0.3, -0.25) is 4.79 Å². The highest BCUT2D eigenvalue weighted by Crippen LogP contribution is 2.35. The summed E-state index contributed by atoms with van der Waals surface area (Å²) >= 11 is 0. The molecule has 2 aromatic carbocycles. The number of likely N-dealkylation sites (tertiary alicyclic amines) is 1. The highest BCUT2D eigenvalue weighted by molar-refractivity contribution is 5.78. The van der Waals surface area contributed by atoms with Crippen molar-refractivity contribution in [3.8, 4) is 28.4 Å². The van der Waals surface area contributed by atoms with E-state index in [-0.39, 0.29) is 5.91 Å². The van der Waals surface area contributed by atoms with Crippen molar-refractivity contribution in [1.29, 1.82) is 0 Å². The summed E-state index contributed by atoms with van der Waals surface area (Å²) in [6.07, 6.45) is 1.59. The van der Waals surface area contributed by atoms with Crippen LogP contribution >= 0.6 is 0 Å². The van der Waals surface area contributed by atoms with E-state index in [1.807, 2.05) is 42.2 Å². The van der Waals surface area contributed by atoms with Crippen LogP contribution in [0.25, 0.3) is 11.1 Å². The molecule has 2 aromatic rings. The molecule has 138 valence electrons. The number of carbonyl (C=O) groups excluding carboxylic acids is 1. The number of amides is 1. The number of nitrogens with zero attached hydrogens (tertiary/aromatic N) is 1. The average molecular weight is 355 g/mol. The Kier molecular flexibility index (Phi) is 5.66. The Morgan fingerprint density at radius 1 is 1.04 bits per heavy atom. The first-order valence-electron chi connectivity index (χ1n) is 8.85. The fourth-order valence-electron chi connectivity index (χ4n) is 3.19. The van der Waals surface area contributed by atoms with Crippen LogP contribution in [0.2, 0.25) is 0 Å². The van der Waals surface area contributed by atoms with Crippen molar-refractivity contribution in [2.24, 2.45) is 0 Å². The lowest BCUT2D eigenvalue weighted by molar-refractivity contribution is -0.128. The van der Waals surface area contributed by atoms with E-state index in [1.54, 1.807) is 14.2 Å². The average Bonchev–Trinajstić information content (AvgIpc) is 3.06. The van der Waals surface area contributed by atoms with Gasteiger partial charge in [0.25, 0.3) is 0 Å². The molecule has 0 atom stereocenters. The zero-order chi connectivity index (χ0) is 18.5. The van der Waals surface area contributed by atoms with Gasteiger partial charge in [-0.05, 0) is 43.2 Å². The highest BCUT2D eigenvalue weighted by atomic mass is 16.5. The number of rotatable bonds is 7. The van der Waals surface area contributed by atoms with Crippen LogP contribution in [0.4, 0.5) is 0 Å². The monoisotopic (exact) mass is 355 g/mol. The van der Waals surface area contributed by atoms with Crippen molar-refractivity contribution in [2.45, 2.75) is 19.8 Å². The molecule has 1 saturated heterocycles. The van der Waals surface area contributed by atoms with Gasteiger partial charge in [0.15, 0.2) is 0 Å². The predicted octanol–water partition coefficient (Wildman–Crippen LogP) is 3.68. The van der Waals surface area contributed by atoms with E-state index in [2.05, 4.69) is 6.07 Å². The van der Waals surface area contributed by atoms with Gasteiger partial charge >= 0.3 is 0 Å². The number of benzene rings is 2. The summed E-state index contributed by atoms with van der Waals surface area (Å²) in [5.41, 5.74) is 3.11. The first-order valence-corrected chi connectivity index (χ1v) is 8.85. The standard InChI is InChI=1S/C21H25NO4/c1-15-6-7-20(25-3)19(11-15)16-12-17(24-2)14-18(13-16)26-10-9-22-8-4-5-21(22)23/h6-7,11-14H,4-5,8-10H2,1-3H3. The third kappa shape index (κ3) is 4.10. The number of aryl methyl sites for hydroxylation is 1. The summed E-state index contributed by atoms with van der Waals surface area (Å²) in [5.74, 6) is 2.45. The molecule has 0 spiro atoms. The minimum atomic E-state index is 0.212. The van der Waals surface area contributed by atoms with Crippen molar-refractivity contribution in [2.75, 3.05) is 33.9 Å². The summed E-state index contributed by atoms with van der Waals surface area (Å²) in [5, 5.41) is 0. The third-order valence-corrected chi connectivity index (χ3v) is 4.58. The van der Waals surface area contributed by atoms with Crippen LogP contribution in [0.1, 0.15) is 18.4 Å². The van der Waals surface area contributed by atoms with Crippen molar-refractivity contribution >= 4 is 5.91 Å². The molecule has 5 heteroatoms. The van der Waals surface area contributed by atoms with Crippen LogP contribution in [0.15, 0.2) is 36.4 Å². The van der Waals surface area contributed by atoms with Crippen LogP contribution < -0.4 is 14.2 Å². The van der Waals surface area contributed by atoms with Gasteiger partial charge in [0.1, 0.15) is 23.9 Å². The van der Waals surface area contributed by atoms with Gasteiger partial charge in [-0.25, -0.2) is 0 Å². The summed E-state index contributed by atoms with van der Waals surface area (Å²) in [6.45, 7) is 3.95. The van der Waals surface area contributed by atoms with E-state index in [1.165, 1.54) is 0 Å². The molecule has 1 amide bonds. The Balaban J connectivity index is 1.80. The predicted molar refractivity (Wildman–Crippen MR) is 101 cm³/mol. The van der Waals surface area contributed by atoms with Crippen LogP contribution in [0.3, 0.4) is 0 Å². The van der Waals surface area contributed by atoms with E-state index in [4.69, 9.17) is 14.2 Å². The van der Waals surface area contributed by atoms with E-state index in [0.717, 1.165) is 46.9 Å². The fraction of sp³-hybridized carbons (Fsp3) is 0.381. The Labute approximate surface area is 154 Å². The number of hydrogen-bond donors (Lipinski definition) is 0. The second-order valence-corrected chi connectivity index (χ2v) is 6.43. The molecule has 0 aliphatic carbocycles. The van der Waals surface area contributed by atoms with Crippen molar-refractivity contribution in [3.05, 3.63) is 42.0 Å². The minimum Gasteiger partial charge on any atom is -0.497 e. The molecule has 0 aromatic heterocycles. The van der Waals surface area contributed by atoms with Crippen LogP contribution in [0, 0.1) is 6.92 Å². The van der Waals surface area contributed by atoms with Gasteiger partial charge in [-0.15, -0.1) is 0 Å². The zero-order valence-corrected chi connectivity index (χ0v) is 15.6. The summed E-state index contributed by atoms with van der Waals surface area (Å²) in [6, 6.07) is 11.9. The SMILES string of the molecule is COc1cc(OCCN2CCCC2=O)cc(-c2cc(C)ccc2OC)c1. The maximum Gasteiger partial charge on any atom is 0.222 e. The molecule has 0 unspecified atom stereocenters. The molecular formula is C21H25NO4. The van der Waals surface area contributed by atoms with E-state index >= 15 is 0 Å². The summed E-state index contributed by atoms with van der Waals surface area (Å²) < 4.78 is 16.8. The van der Waals surface area contributed by atoms with Crippen molar-refractivity contribution < 1.29 is 19.0 Å². The first kappa shape index (κ1) is 18.1. The smallest absolute Gasteiger partial charge is 0.222 e. The Morgan fingerprint density at radius 2 is 1.85 bits per heavy atom. The molecule has 1 heterocycles. The van der Waals surface area contributed by atoms with Gasteiger partial charge in [0.2, 0.25) is 5.91 Å². The molecule has 0 N–H and O–H groups in total. The zero-order valence-electron chi connectivity index (χ0n) is 15.6. The molecule has 1 aliphatic heterocycles. The maximum absolute atomic E-state index is 11.7. The quantitative estimate of drug-likeness (QED) is 0.760. The second kappa shape index (κ2) is 8.13. The third-order valence-electron chi connectivity index (χ3n) is 4.58. The van der Waals surface area contributed by atoms with Gasteiger partial charge < -0.3 is 19.1 Å². The molecule has 0 saturated carbocycles. The normalized spacial score (nSPS) is 13.8. The molecule has 26 heavy (non-hydrogen) atoms. The molecule has 1 aliphatic rings. The largest absolute Gasteiger partial charge is 0.497 e. The van der Waals surface area contributed by atoms with Crippen LogP contribution in [-0.2, 0) is 4.79 Å². The van der Waals surface area contributed by atoms with E-state index in [0.29, 0.717) is 19.6 Å². The van der Waals surface area contributed by atoms with Crippen molar-refractivity contribution in [1.82, 2.24) is 4.90 Å². The molecule has 1 fully saturated rings. The van der Waals surface area contributed by atoms with Gasteiger partial charge in [-0.2, -0.15) is 0 Å². The summed E-state index contributed by atoms with van der Waals surface area (Å²) in [7, 11) is 3.30. The topological polar surface area (TPSA) is 48.0 Å². The molecule has 5 nitrogen and oxygen atoms in total. The number of ether oxygens (including phenoxy) is 3. The molecule has 0 radical (unpaired) electrons. The minimum absolute atomic E-state index is 0.212. The van der Waals surface area contributed by atoms with E-state index < -0.39 is 0 Å². The maximum atomic E-state index is 11.7. The highest BCUT2D eigenvalue weighted by Gasteiger charge is 2.19. The van der Waals surface area contributed by atoms with Gasteiger partial charge in [-0.1, -0.05) is 11.6 Å². The van der Waals surface area contributed by atoms with Crippen LogP contribution in [0.5, 0.6) is 17.2 Å². The van der Waals surface area contributed by atoms with E-state index in [9.17, 15) is 4.79 Å². The molecule has 0 bridgehead atoms. The molecular weight excluding hydrogens is 330 g/mol. The van der Waals surface area contributed by atoms with Gasteiger partial charge in [0.05, 0.1) is 20.8 Å². The first-order chi connectivity index (χ1) is 12.6. The van der Waals surface area contributed by atoms with Crippen molar-refractivity contribution in [3.63, 3.8) is 0 Å². The Morgan fingerprint density at radius 3 is 2.54 bits per heavy atom.